The molecule has 1 atom stereocenters. The Labute approximate surface area is 199 Å². The SMILES string of the molecule is CC(C)(C)OC(=O)N1CCCC1CNc1c([N+](=O)[O-])ccc(Oc2ccccc2F)c1C(F)(F)F. The van der Waals surface area contributed by atoms with Gasteiger partial charge in [-0.15, -0.1) is 0 Å². The van der Waals surface area contributed by atoms with Crippen molar-refractivity contribution in [2.45, 2.75) is 51.4 Å². The molecule has 0 aromatic heterocycles. The Bertz CT molecular complexity index is 1100. The molecule has 0 radical (unpaired) electrons. The molecule has 1 amide bonds. The summed E-state index contributed by atoms with van der Waals surface area (Å²) < 4.78 is 66.9. The van der Waals surface area contributed by atoms with Crippen LogP contribution in [0.1, 0.15) is 39.2 Å². The van der Waals surface area contributed by atoms with Gasteiger partial charge < -0.3 is 19.7 Å². The molecule has 1 unspecified atom stereocenters. The maximum absolute atomic E-state index is 14.1. The van der Waals surface area contributed by atoms with Crippen molar-refractivity contribution in [1.82, 2.24) is 4.90 Å². The second kappa shape index (κ2) is 9.96. The summed E-state index contributed by atoms with van der Waals surface area (Å²) in [6.45, 7) is 5.20. The average Bonchev–Trinajstić information content (AvgIpc) is 3.20. The van der Waals surface area contributed by atoms with Crippen molar-refractivity contribution in [2.75, 3.05) is 18.4 Å². The Morgan fingerprint density at radius 1 is 1.17 bits per heavy atom. The van der Waals surface area contributed by atoms with Gasteiger partial charge in [-0.1, -0.05) is 12.1 Å². The van der Waals surface area contributed by atoms with Crippen LogP contribution in [0.3, 0.4) is 0 Å². The van der Waals surface area contributed by atoms with Crippen LogP contribution in [0.15, 0.2) is 36.4 Å². The number of nitro benzene ring substituents is 1. The molecule has 12 heteroatoms. The molecular weight excluding hydrogens is 474 g/mol. The van der Waals surface area contributed by atoms with Crippen molar-refractivity contribution in [3.63, 3.8) is 0 Å². The van der Waals surface area contributed by atoms with Crippen LogP contribution in [0.4, 0.5) is 33.7 Å². The molecule has 0 aliphatic carbocycles. The lowest BCUT2D eigenvalue weighted by molar-refractivity contribution is -0.384. The van der Waals surface area contributed by atoms with Gasteiger partial charge in [-0.05, 0) is 51.8 Å². The lowest BCUT2D eigenvalue weighted by Crippen LogP contribution is -2.42. The second-order valence-electron chi connectivity index (χ2n) is 8.97. The Balaban J connectivity index is 1.96. The molecule has 1 saturated heterocycles. The first-order valence-electron chi connectivity index (χ1n) is 10.8. The van der Waals surface area contributed by atoms with E-state index in [0.717, 1.165) is 24.3 Å². The van der Waals surface area contributed by atoms with Crippen molar-refractivity contribution in [2.24, 2.45) is 0 Å². The van der Waals surface area contributed by atoms with E-state index < -0.39 is 63.1 Å². The summed E-state index contributed by atoms with van der Waals surface area (Å²) in [5, 5.41) is 14.1. The molecule has 0 spiro atoms. The summed E-state index contributed by atoms with van der Waals surface area (Å²) in [5.74, 6) is -2.16. The van der Waals surface area contributed by atoms with Crippen LogP contribution in [0.2, 0.25) is 0 Å². The van der Waals surface area contributed by atoms with E-state index in [1.807, 2.05) is 0 Å². The summed E-state index contributed by atoms with van der Waals surface area (Å²) in [5.41, 5.74) is -3.87. The maximum Gasteiger partial charge on any atom is 0.422 e. The molecule has 2 aromatic rings. The first-order valence-corrected chi connectivity index (χ1v) is 10.8. The van der Waals surface area contributed by atoms with Crippen LogP contribution < -0.4 is 10.1 Å². The van der Waals surface area contributed by atoms with Gasteiger partial charge in [0.15, 0.2) is 11.6 Å². The van der Waals surface area contributed by atoms with Crippen molar-refractivity contribution < 1.29 is 36.8 Å². The standard InChI is InChI=1S/C23H25F4N3O5/c1-22(2,3)35-21(31)29-12-6-7-14(29)13-28-20-16(30(32)33)10-11-18(19(20)23(25,26)27)34-17-9-5-4-8-15(17)24/h4-5,8-11,14,28H,6-7,12-13H2,1-3H3. The molecular formula is C23H25F4N3O5. The highest BCUT2D eigenvalue weighted by atomic mass is 19.4. The van der Waals surface area contributed by atoms with Gasteiger partial charge in [0.05, 0.1) is 11.0 Å². The summed E-state index contributed by atoms with van der Waals surface area (Å²) in [6, 6.07) is 5.95. The minimum atomic E-state index is -5.07. The summed E-state index contributed by atoms with van der Waals surface area (Å²) in [4.78, 5) is 24.5. The van der Waals surface area contributed by atoms with Crippen LogP contribution in [0.5, 0.6) is 11.5 Å². The fraction of sp³-hybridized carbons (Fsp3) is 0.435. The number of alkyl halides is 3. The third kappa shape index (κ3) is 6.31. The van der Waals surface area contributed by atoms with E-state index in [0.29, 0.717) is 19.4 Å². The number of halogens is 4. The number of hydrogen-bond acceptors (Lipinski definition) is 6. The topological polar surface area (TPSA) is 93.9 Å². The number of nitro groups is 1. The minimum absolute atomic E-state index is 0.202. The predicted octanol–water partition coefficient (Wildman–Crippen LogP) is 6.36. The van der Waals surface area contributed by atoms with Crippen LogP contribution >= 0.6 is 0 Å². The Kier molecular flexibility index (Phi) is 7.41. The molecule has 35 heavy (non-hydrogen) atoms. The van der Waals surface area contributed by atoms with E-state index in [1.54, 1.807) is 20.8 Å². The highest BCUT2D eigenvalue weighted by Gasteiger charge is 2.42. The van der Waals surface area contributed by atoms with Gasteiger partial charge in [0, 0.05) is 19.2 Å². The third-order valence-corrected chi connectivity index (χ3v) is 5.20. The molecule has 2 aromatic carbocycles. The predicted molar refractivity (Wildman–Crippen MR) is 119 cm³/mol. The minimum Gasteiger partial charge on any atom is -0.454 e. The summed E-state index contributed by atoms with van der Waals surface area (Å²) in [6.07, 6.45) is -4.64. The van der Waals surface area contributed by atoms with Crippen LogP contribution in [0, 0.1) is 15.9 Å². The first kappa shape index (κ1) is 26.0. The number of anilines is 1. The van der Waals surface area contributed by atoms with Crippen molar-refractivity contribution in [1.29, 1.82) is 0 Å². The van der Waals surface area contributed by atoms with Gasteiger partial charge in [-0.3, -0.25) is 10.1 Å². The molecule has 1 aliphatic heterocycles. The normalized spacial score (nSPS) is 16.2. The Morgan fingerprint density at radius 2 is 1.86 bits per heavy atom. The van der Waals surface area contributed by atoms with Crippen LogP contribution in [-0.2, 0) is 10.9 Å². The van der Waals surface area contributed by atoms with Crippen molar-refractivity contribution in [3.05, 3.63) is 57.9 Å². The number of rotatable bonds is 6. The van der Waals surface area contributed by atoms with Gasteiger partial charge in [0.1, 0.15) is 22.6 Å². The monoisotopic (exact) mass is 499 g/mol. The lowest BCUT2D eigenvalue weighted by atomic mass is 10.1. The fourth-order valence-corrected chi connectivity index (χ4v) is 3.74. The Hall–Kier alpha value is -3.57. The number of hydrogen-bond donors (Lipinski definition) is 1. The number of amides is 1. The van der Waals surface area contributed by atoms with Gasteiger partial charge in [-0.2, -0.15) is 13.2 Å². The van der Waals surface area contributed by atoms with Crippen LogP contribution in [-0.4, -0.2) is 40.6 Å². The van der Waals surface area contributed by atoms with E-state index in [1.165, 1.54) is 17.0 Å². The van der Waals surface area contributed by atoms with E-state index in [-0.39, 0.29) is 6.54 Å². The zero-order chi connectivity index (χ0) is 26.0. The number of benzene rings is 2. The number of likely N-dealkylation sites (tertiary alicyclic amines) is 1. The molecule has 1 fully saturated rings. The average molecular weight is 499 g/mol. The molecule has 0 saturated carbocycles. The zero-order valence-corrected chi connectivity index (χ0v) is 19.3. The van der Waals surface area contributed by atoms with Gasteiger partial charge >= 0.3 is 12.3 Å². The zero-order valence-electron chi connectivity index (χ0n) is 19.3. The first-order chi connectivity index (χ1) is 16.3. The second-order valence-corrected chi connectivity index (χ2v) is 8.97. The fourth-order valence-electron chi connectivity index (χ4n) is 3.74. The van der Waals surface area contributed by atoms with E-state index in [9.17, 15) is 32.5 Å². The van der Waals surface area contributed by atoms with Crippen LogP contribution in [0.25, 0.3) is 0 Å². The number of nitrogens with zero attached hydrogens (tertiary/aromatic N) is 2. The summed E-state index contributed by atoms with van der Waals surface area (Å²) in [7, 11) is 0. The maximum atomic E-state index is 14.1. The quantitative estimate of drug-likeness (QED) is 0.283. The van der Waals surface area contributed by atoms with Gasteiger partial charge in [-0.25, -0.2) is 9.18 Å². The largest absolute Gasteiger partial charge is 0.454 e. The molecule has 8 nitrogen and oxygen atoms in total. The molecule has 1 heterocycles. The number of nitrogens with one attached hydrogen (secondary N) is 1. The third-order valence-electron chi connectivity index (χ3n) is 5.20. The van der Waals surface area contributed by atoms with E-state index in [4.69, 9.17) is 9.47 Å². The Morgan fingerprint density at radius 3 is 2.46 bits per heavy atom. The summed E-state index contributed by atoms with van der Waals surface area (Å²) >= 11 is 0. The number of carbonyl (C=O) groups is 1. The number of ether oxygens (including phenoxy) is 2. The molecule has 1 aliphatic rings. The molecule has 0 bridgehead atoms. The van der Waals surface area contributed by atoms with E-state index in [2.05, 4.69) is 5.32 Å². The number of carbonyl (C=O) groups excluding carboxylic acids is 1. The lowest BCUT2D eigenvalue weighted by Gasteiger charge is -2.29. The number of para-hydroxylation sites is 1. The van der Waals surface area contributed by atoms with Crippen molar-refractivity contribution in [3.8, 4) is 11.5 Å². The highest BCUT2D eigenvalue weighted by Crippen LogP contribution is 2.47. The van der Waals surface area contributed by atoms with E-state index >= 15 is 0 Å². The van der Waals surface area contributed by atoms with Crippen molar-refractivity contribution >= 4 is 17.5 Å². The molecule has 1 N–H and O–H groups in total. The smallest absolute Gasteiger partial charge is 0.422 e. The van der Waals surface area contributed by atoms with Gasteiger partial charge in [0.2, 0.25) is 0 Å². The molecule has 190 valence electrons. The highest BCUT2D eigenvalue weighted by molar-refractivity contribution is 5.72. The molecule has 3 rings (SSSR count). The van der Waals surface area contributed by atoms with Gasteiger partial charge in [0.25, 0.3) is 5.69 Å².